The maximum atomic E-state index is 12.1. The van der Waals surface area contributed by atoms with Crippen LogP contribution in [0.5, 0.6) is 5.75 Å². The highest BCUT2D eigenvalue weighted by Crippen LogP contribution is 2.30. The van der Waals surface area contributed by atoms with Gasteiger partial charge in [-0.3, -0.25) is 9.59 Å². The summed E-state index contributed by atoms with van der Waals surface area (Å²) in [5.74, 6) is 0.608. The van der Waals surface area contributed by atoms with Gasteiger partial charge < -0.3 is 15.4 Å². The van der Waals surface area contributed by atoms with Crippen LogP contribution in [0.25, 0.3) is 0 Å². The van der Waals surface area contributed by atoms with Crippen LogP contribution in [0.4, 0.5) is 5.69 Å². The van der Waals surface area contributed by atoms with E-state index in [1.54, 1.807) is 18.2 Å². The molecule has 0 radical (unpaired) electrons. The molecule has 1 aliphatic rings. The molecule has 0 spiro atoms. The third kappa shape index (κ3) is 5.59. The van der Waals surface area contributed by atoms with E-state index in [2.05, 4.69) is 43.5 Å². The molecule has 1 fully saturated rings. The highest BCUT2D eigenvalue weighted by molar-refractivity contribution is 5.94. The van der Waals surface area contributed by atoms with Gasteiger partial charge in [-0.05, 0) is 68.9 Å². The van der Waals surface area contributed by atoms with E-state index >= 15 is 0 Å². The van der Waals surface area contributed by atoms with Crippen LogP contribution < -0.4 is 15.4 Å². The smallest absolute Gasteiger partial charge is 0.257 e. The van der Waals surface area contributed by atoms with Crippen LogP contribution in [0, 0.1) is 26.7 Å². The molecule has 5 nitrogen and oxygen atoms in total. The standard InChI is InChI=1S/C23H28N2O3/c1-15-11-16(2)21(17(3)12-15)9-10-24-22(26)14-28-20-6-4-5-19(13-20)25-23(27)18-7-8-18/h4-6,11-13,18H,7-10,14H2,1-3H3,(H,24,26)(H,25,27). The van der Waals surface area contributed by atoms with E-state index < -0.39 is 0 Å². The van der Waals surface area contributed by atoms with E-state index in [-0.39, 0.29) is 24.3 Å². The Kier molecular flexibility index (Phi) is 6.34. The lowest BCUT2D eigenvalue weighted by Crippen LogP contribution is -2.30. The molecule has 0 atom stereocenters. The maximum Gasteiger partial charge on any atom is 0.257 e. The molecule has 0 saturated heterocycles. The van der Waals surface area contributed by atoms with Gasteiger partial charge in [0, 0.05) is 24.2 Å². The normalized spacial score (nSPS) is 13.1. The second kappa shape index (κ2) is 8.91. The van der Waals surface area contributed by atoms with Crippen molar-refractivity contribution in [2.75, 3.05) is 18.5 Å². The van der Waals surface area contributed by atoms with E-state index in [4.69, 9.17) is 4.74 Å². The fraction of sp³-hybridized carbons (Fsp3) is 0.391. The molecule has 3 rings (SSSR count). The summed E-state index contributed by atoms with van der Waals surface area (Å²) in [6.07, 6.45) is 2.72. The van der Waals surface area contributed by atoms with Gasteiger partial charge >= 0.3 is 0 Å². The van der Waals surface area contributed by atoms with Crippen molar-refractivity contribution in [3.05, 3.63) is 58.7 Å². The first-order valence-corrected chi connectivity index (χ1v) is 9.79. The second-order valence-electron chi connectivity index (χ2n) is 7.56. The van der Waals surface area contributed by atoms with Gasteiger partial charge in [0.25, 0.3) is 5.91 Å². The van der Waals surface area contributed by atoms with Crippen molar-refractivity contribution < 1.29 is 14.3 Å². The molecule has 148 valence electrons. The van der Waals surface area contributed by atoms with Gasteiger partial charge in [-0.15, -0.1) is 0 Å². The number of benzene rings is 2. The van der Waals surface area contributed by atoms with Gasteiger partial charge in [-0.1, -0.05) is 23.8 Å². The summed E-state index contributed by atoms with van der Waals surface area (Å²) < 4.78 is 5.57. The Morgan fingerprint density at radius 3 is 2.46 bits per heavy atom. The highest BCUT2D eigenvalue weighted by atomic mass is 16.5. The van der Waals surface area contributed by atoms with E-state index in [1.807, 2.05) is 6.07 Å². The van der Waals surface area contributed by atoms with Crippen LogP contribution in [0.2, 0.25) is 0 Å². The van der Waals surface area contributed by atoms with Gasteiger partial charge in [0.2, 0.25) is 5.91 Å². The fourth-order valence-electron chi connectivity index (χ4n) is 3.38. The number of hydrogen-bond donors (Lipinski definition) is 2. The van der Waals surface area contributed by atoms with Crippen LogP contribution in [0.15, 0.2) is 36.4 Å². The Morgan fingerprint density at radius 1 is 1.07 bits per heavy atom. The number of hydrogen-bond acceptors (Lipinski definition) is 3. The van der Waals surface area contributed by atoms with Crippen LogP contribution in [0.1, 0.15) is 35.1 Å². The molecule has 0 aliphatic heterocycles. The van der Waals surface area contributed by atoms with Gasteiger partial charge in [-0.2, -0.15) is 0 Å². The maximum absolute atomic E-state index is 12.1. The zero-order chi connectivity index (χ0) is 20.1. The largest absolute Gasteiger partial charge is 0.484 e. The Morgan fingerprint density at radius 2 is 1.79 bits per heavy atom. The van der Waals surface area contributed by atoms with Crippen LogP contribution in [-0.4, -0.2) is 25.0 Å². The molecule has 1 saturated carbocycles. The summed E-state index contributed by atoms with van der Waals surface area (Å²) in [7, 11) is 0. The number of rotatable bonds is 8. The van der Waals surface area contributed by atoms with E-state index in [1.165, 1.54) is 22.3 Å². The molecule has 2 aromatic carbocycles. The quantitative estimate of drug-likeness (QED) is 0.734. The molecule has 5 heteroatoms. The second-order valence-corrected chi connectivity index (χ2v) is 7.56. The lowest BCUT2D eigenvalue weighted by Gasteiger charge is -2.12. The average Bonchev–Trinajstić information content (AvgIpc) is 3.48. The van der Waals surface area contributed by atoms with Gasteiger partial charge in [0.15, 0.2) is 6.61 Å². The Bertz CT molecular complexity index is 849. The Hall–Kier alpha value is -2.82. The van der Waals surface area contributed by atoms with Crippen molar-refractivity contribution in [3.8, 4) is 5.75 Å². The third-order valence-electron chi connectivity index (χ3n) is 4.96. The molecule has 1 aliphatic carbocycles. The van der Waals surface area contributed by atoms with Gasteiger partial charge in [0.1, 0.15) is 5.75 Å². The average molecular weight is 380 g/mol. The van der Waals surface area contributed by atoms with Crippen molar-refractivity contribution >= 4 is 17.5 Å². The van der Waals surface area contributed by atoms with Gasteiger partial charge in [-0.25, -0.2) is 0 Å². The molecule has 0 unspecified atom stereocenters. The molecule has 2 amide bonds. The van der Waals surface area contributed by atoms with E-state index in [9.17, 15) is 9.59 Å². The number of aryl methyl sites for hydroxylation is 3. The number of nitrogens with one attached hydrogen (secondary N) is 2. The molecule has 28 heavy (non-hydrogen) atoms. The number of anilines is 1. The third-order valence-corrected chi connectivity index (χ3v) is 4.96. The van der Waals surface area contributed by atoms with Crippen molar-refractivity contribution in [2.45, 2.75) is 40.0 Å². The lowest BCUT2D eigenvalue weighted by atomic mass is 9.97. The minimum absolute atomic E-state index is 0.0497. The van der Waals surface area contributed by atoms with Crippen LogP contribution in [-0.2, 0) is 16.0 Å². The predicted octanol–water partition coefficient (Wildman–Crippen LogP) is 3.70. The first-order chi connectivity index (χ1) is 13.4. The zero-order valence-electron chi connectivity index (χ0n) is 16.8. The van der Waals surface area contributed by atoms with Crippen molar-refractivity contribution in [1.29, 1.82) is 0 Å². The van der Waals surface area contributed by atoms with Crippen molar-refractivity contribution in [2.24, 2.45) is 5.92 Å². The summed E-state index contributed by atoms with van der Waals surface area (Å²) in [6.45, 7) is 6.83. The summed E-state index contributed by atoms with van der Waals surface area (Å²) in [6, 6.07) is 11.5. The SMILES string of the molecule is Cc1cc(C)c(CCNC(=O)COc2cccc(NC(=O)C3CC3)c2)c(C)c1. The lowest BCUT2D eigenvalue weighted by molar-refractivity contribution is -0.123. The van der Waals surface area contributed by atoms with E-state index in [0.717, 1.165) is 19.3 Å². The summed E-state index contributed by atoms with van der Waals surface area (Å²) in [5.41, 5.74) is 5.75. The molecule has 0 bridgehead atoms. The topological polar surface area (TPSA) is 67.4 Å². The molecule has 2 aromatic rings. The summed E-state index contributed by atoms with van der Waals surface area (Å²) >= 11 is 0. The predicted molar refractivity (Wildman–Crippen MR) is 111 cm³/mol. The summed E-state index contributed by atoms with van der Waals surface area (Å²) in [5, 5.41) is 5.79. The van der Waals surface area contributed by atoms with Crippen LogP contribution in [0.3, 0.4) is 0 Å². The van der Waals surface area contributed by atoms with E-state index in [0.29, 0.717) is 18.0 Å². The minimum atomic E-state index is -0.158. The molecule has 2 N–H and O–H groups in total. The minimum Gasteiger partial charge on any atom is -0.484 e. The van der Waals surface area contributed by atoms with Crippen LogP contribution >= 0.6 is 0 Å². The number of amides is 2. The molecular formula is C23H28N2O3. The highest BCUT2D eigenvalue weighted by Gasteiger charge is 2.29. The zero-order valence-corrected chi connectivity index (χ0v) is 16.8. The first kappa shape index (κ1) is 19.9. The molecular weight excluding hydrogens is 352 g/mol. The Balaban J connectivity index is 1.44. The van der Waals surface area contributed by atoms with Gasteiger partial charge in [0.05, 0.1) is 0 Å². The number of carbonyl (C=O) groups is 2. The fourth-order valence-corrected chi connectivity index (χ4v) is 3.38. The number of carbonyl (C=O) groups excluding carboxylic acids is 2. The summed E-state index contributed by atoms with van der Waals surface area (Å²) in [4.78, 5) is 23.9. The monoisotopic (exact) mass is 380 g/mol. The van der Waals surface area contributed by atoms with Crippen molar-refractivity contribution in [3.63, 3.8) is 0 Å². The number of ether oxygens (including phenoxy) is 1. The Labute approximate surface area is 166 Å². The van der Waals surface area contributed by atoms with Crippen molar-refractivity contribution in [1.82, 2.24) is 5.32 Å². The first-order valence-electron chi connectivity index (χ1n) is 9.79. The molecule has 0 heterocycles. The molecule has 0 aromatic heterocycles.